The SMILES string of the molecule is CCCC(=O)N1CCN(c2nc(=O)n(-c3c(C)ccnc3C(C)C)c3c4c(c(C)cc23)-c2c(cccc2OC)CO4)CC1. The van der Waals surface area contributed by atoms with Crippen LogP contribution in [0.5, 0.6) is 11.5 Å². The molecule has 9 heteroatoms. The Morgan fingerprint density at radius 3 is 2.53 bits per heavy atom. The minimum atomic E-state index is -0.384. The smallest absolute Gasteiger partial charge is 0.354 e. The molecule has 0 bridgehead atoms. The first kappa shape index (κ1) is 28.7. The monoisotopic (exact) mass is 581 g/mol. The van der Waals surface area contributed by atoms with E-state index in [4.69, 9.17) is 19.4 Å². The van der Waals surface area contributed by atoms with Crippen LogP contribution < -0.4 is 20.1 Å². The van der Waals surface area contributed by atoms with E-state index in [-0.39, 0.29) is 17.5 Å². The minimum absolute atomic E-state index is 0.0771. The van der Waals surface area contributed by atoms with Gasteiger partial charge in [-0.05, 0) is 55.5 Å². The van der Waals surface area contributed by atoms with Crippen LogP contribution in [0, 0.1) is 13.8 Å². The van der Waals surface area contributed by atoms with Crippen molar-refractivity contribution in [2.45, 2.75) is 60.0 Å². The van der Waals surface area contributed by atoms with Gasteiger partial charge in [0, 0.05) is 60.9 Å². The average Bonchev–Trinajstić information content (AvgIpc) is 3.00. The highest BCUT2D eigenvalue weighted by Gasteiger charge is 2.31. The summed E-state index contributed by atoms with van der Waals surface area (Å²) in [6, 6.07) is 10.0. The summed E-state index contributed by atoms with van der Waals surface area (Å²) in [6.45, 7) is 13.0. The van der Waals surface area contributed by atoms with Gasteiger partial charge in [-0.25, -0.2) is 4.79 Å². The molecule has 2 aromatic heterocycles. The number of fused-ring (bicyclic) bond motifs is 5. The summed E-state index contributed by atoms with van der Waals surface area (Å²) in [4.78, 5) is 40.4. The molecule has 0 radical (unpaired) electrons. The van der Waals surface area contributed by atoms with E-state index in [2.05, 4.69) is 37.8 Å². The minimum Gasteiger partial charge on any atom is -0.496 e. The number of piperazine rings is 1. The van der Waals surface area contributed by atoms with E-state index in [0.717, 1.165) is 56.8 Å². The zero-order chi connectivity index (χ0) is 30.4. The predicted octanol–water partition coefficient (Wildman–Crippen LogP) is 5.54. The van der Waals surface area contributed by atoms with E-state index in [1.807, 2.05) is 36.9 Å². The molecule has 43 heavy (non-hydrogen) atoms. The van der Waals surface area contributed by atoms with Crippen molar-refractivity contribution in [3.8, 4) is 28.3 Å². The molecule has 0 saturated carbocycles. The van der Waals surface area contributed by atoms with Crippen molar-refractivity contribution in [2.24, 2.45) is 0 Å². The van der Waals surface area contributed by atoms with E-state index < -0.39 is 0 Å². The number of rotatable bonds is 6. The van der Waals surface area contributed by atoms with Gasteiger partial charge in [0.25, 0.3) is 0 Å². The van der Waals surface area contributed by atoms with Crippen LogP contribution in [-0.2, 0) is 11.4 Å². The van der Waals surface area contributed by atoms with Gasteiger partial charge in [0.05, 0.1) is 18.5 Å². The number of aromatic nitrogens is 3. The highest BCUT2D eigenvalue weighted by Crippen LogP contribution is 2.49. The summed E-state index contributed by atoms with van der Waals surface area (Å²) in [6.07, 6.45) is 3.17. The molecule has 2 aliphatic heterocycles. The van der Waals surface area contributed by atoms with E-state index in [1.54, 1.807) is 17.9 Å². The Morgan fingerprint density at radius 1 is 1.07 bits per heavy atom. The molecule has 0 unspecified atom stereocenters. The van der Waals surface area contributed by atoms with Crippen LogP contribution in [0.15, 0.2) is 41.3 Å². The van der Waals surface area contributed by atoms with Gasteiger partial charge in [-0.15, -0.1) is 0 Å². The number of hydrogen-bond donors (Lipinski definition) is 0. The summed E-state index contributed by atoms with van der Waals surface area (Å²) >= 11 is 0. The molecule has 2 aromatic carbocycles. The summed E-state index contributed by atoms with van der Waals surface area (Å²) < 4.78 is 14.1. The Morgan fingerprint density at radius 2 is 1.84 bits per heavy atom. The first-order valence-corrected chi connectivity index (χ1v) is 15.1. The fourth-order valence-corrected chi connectivity index (χ4v) is 6.49. The lowest BCUT2D eigenvalue weighted by molar-refractivity contribution is -0.131. The number of anilines is 1. The number of hydrogen-bond acceptors (Lipinski definition) is 7. The van der Waals surface area contributed by atoms with Gasteiger partial charge in [-0.2, -0.15) is 4.98 Å². The Labute approximate surface area is 252 Å². The number of pyridine rings is 1. The Balaban J connectivity index is 1.64. The first-order chi connectivity index (χ1) is 20.7. The van der Waals surface area contributed by atoms with Crippen LogP contribution in [0.4, 0.5) is 5.82 Å². The number of ether oxygens (including phenoxy) is 2. The molecule has 4 aromatic rings. The third-order valence-corrected chi connectivity index (χ3v) is 8.58. The molecule has 1 saturated heterocycles. The quantitative estimate of drug-likeness (QED) is 0.295. The van der Waals surface area contributed by atoms with E-state index >= 15 is 0 Å². The van der Waals surface area contributed by atoms with Crippen molar-refractivity contribution in [2.75, 3.05) is 38.2 Å². The molecule has 224 valence electrons. The van der Waals surface area contributed by atoms with Gasteiger partial charge in [0.2, 0.25) is 5.91 Å². The van der Waals surface area contributed by atoms with Crippen molar-refractivity contribution in [1.29, 1.82) is 0 Å². The molecule has 6 rings (SSSR count). The van der Waals surface area contributed by atoms with E-state index in [9.17, 15) is 9.59 Å². The fraction of sp³-hybridized carbons (Fsp3) is 0.412. The summed E-state index contributed by atoms with van der Waals surface area (Å²) in [5.74, 6) is 2.28. The molecular weight excluding hydrogens is 542 g/mol. The van der Waals surface area contributed by atoms with Gasteiger partial charge in [-0.1, -0.05) is 32.9 Å². The lowest BCUT2D eigenvalue weighted by Crippen LogP contribution is -2.49. The normalized spacial score (nSPS) is 14.5. The summed E-state index contributed by atoms with van der Waals surface area (Å²) in [5, 5.41) is 0.834. The molecule has 1 amide bonds. The average molecular weight is 582 g/mol. The van der Waals surface area contributed by atoms with Gasteiger partial charge in [0.15, 0.2) is 5.75 Å². The number of carbonyl (C=O) groups excluding carboxylic acids is 1. The Kier molecular flexibility index (Phi) is 7.58. The maximum absolute atomic E-state index is 14.3. The van der Waals surface area contributed by atoms with Crippen LogP contribution in [0.2, 0.25) is 0 Å². The molecule has 0 N–H and O–H groups in total. The van der Waals surface area contributed by atoms with Crippen LogP contribution in [0.3, 0.4) is 0 Å². The predicted molar refractivity (Wildman–Crippen MR) is 169 cm³/mol. The molecule has 0 atom stereocenters. The first-order valence-electron chi connectivity index (χ1n) is 15.1. The second-order valence-corrected chi connectivity index (χ2v) is 11.8. The zero-order valence-corrected chi connectivity index (χ0v) is 25.9. The molecule has 0 spiro atoms. The van der Waals surface area contributed by atoms with Gasteiger partial charge >= 0.3 is 5.69 Å². The topological polar surface area (TPSA) is 89.8 Å². The molecule has 9 nitrogen and oxygen atoms in total. The summed E-state index contributed by atoms with van der Waals surface area (Å²) in [5.41, 5.74) is 6.72. The zero-order valence-electron chi connectivity index (χ0n) is 25.9. The van der Waals surface area contributed by atoms with Gasteiger partial charge in [0.1, 0.15) is 23.7 Å². The Hall–Kier alpha value is -4.40. The standard InChI is InChI=1S/C34H39N5O4/c1-7-9-26(40)37-14-16-38(17-15-37)33-24-18-22(5)27-28-23(10-8-11-25(28)42-6)19-43-32(27)31(24)39(34(41)36-33)30-21(4)12-13-35-29(30)20(2)3/h8,10-13,18,20H,7,9,14-17,19H2,1-6H3. The lowest BCUT2D eigenvalue weighted by Gasteiger charge is -2.36. The lowest BCUT2D eigenvalue weighted by atomic mass is 9.90. The van der Waals surface area contributed by atoms with Crippen molar-refractivity contribution >= 4 is 22.6 Å². The Bertz CT molecular complexity index is 1770. The fourth-order valence-electron chi connectivity index (χ4n) is 6.49. The molecular formula is C34H39N5O4. The van der Waals surface area contributed by atoms with Crippen molar-refractivity contribution in [3.05, 3.63) is 69.4 Å². The van der Waals surface area contributed by atoms with E-state index in [1.165, 1.54) is 0 Å². The number of aryl methyl sites for hydroxylation is 2. The maximum atomic E-state index is 14.3. The van der Waals surface area contributed by atoms with Gasteiger partial charge in [-0.3, -0.25) is 14.3 Å². The van der Waals surface area contributed by atoms with Crippen molar-refractivity contribution in [1.82, 2.24) is 19.4 Å². The molecule has 0 aliphatic carbocycles. The molecule has 1 fully saturated rings. The van der Waals surface area contributed by atoms with Crippen LogP contribution in [0.1, 0.15) is 61.9 Å². The second kappa shape index (κ2) is 11.4. The van der Waals surface area contributed by atoms with Crippen molar-refractivity contribution in [3.63, 3.8) is 0 Å². The third-order valence-electron chi connectivity index (χ3n) is 8.58. The molecule has 4 heterocycles. The number of amides is 1. The highest BCUT2D eigenvalue weighted by atomic mass is 16.5. The molecule has 2 aliphatic rings. The largest absolute Gasteiger partial charge is 0.496 e. The highest BCUT2D eigenvalue weighted by molar-refractivity contribution is 6.02. The van der Waals surface area contributed by atoms with E-state index in [0.29, 0.717) is 56.3 Å². The summed E-state index contributed by atoms with van der Waals surface area (Å²) in [7, 11) is 1.68. The van der Waals surface area contributed by atoms with Crippen LogP contribution >= 0.6 is 0 Å². The van der Waals surface area contributed by atoms with Crippen molar-refractivity contribution < 1.29 is 14.3 Å². The van der Waals surface area contributed by atoms with Gasteiger partial charge < -0.3 is 19.3 Å². The maximum Gasteiger partial charge on any atom is 0.354 e. The number of nitrogens with zero attached hydrogens (tertiary/aromatic N) is 5. The third kappa shape index (κ3) is 4.80. The second-order valence-electron chi connectivity index (χ2n) is 11.8. The number of carbonyl (C=O) groups is 1. The van der Waals surface area contributed by atoms with Crippen LogP contribution in [0.25, 0.3) is 27.7 Å². The number of benzene rings is 2. The number of methoxy groups -OCH3 is 1. The van der Waals surface area contributed by atoms with Crippen LogP contribution in [-0.4, -0.2) is 58.6 Å².